The van der Waals surface area contributed by atoms with Gasteiger partial charge in [0, 0.05) is 6.42 Å². The van der Waals surface area contributed by atoms with Crippen LogP contribution in [0, 0.1) is 0 Å². The molecule has 20 heavy (non-hydrogen) atoms. The summed E-state index contributed by atoms with van der Waals surface area (Å²) in [6.07, 6.45) is 0.474. The molecule has 0 radical (unpaired) electrons. The van der Waals surface area contributed by atoms with Crippen LogP contribution in [0.4, 0.5) is 0 Å². The average molecular weight is 279 g/mol. The van der Waals surface area contributed by atoms with Gasteiger partial charge in [-0.15, -0.1) is 0 Å². The summed E-state index contributed by atoms with van der Waals surface area (Å²) in [7, 11) is 3.16. The maximum Gasteiger partial charge on any atom is 0.245 e. The van der Waals surface area contributed by atoms with Gasteiger partial charge in [0.1, 0.15) is 6.04 Å². The average Bonchev–Trinajstić information content (AvgIpc) is 2.94. The monoisotopic (exact) mass is 279 g/mol. The van der Waals surface area contributed by atoms with Gasteiger partial charge in [-0.2, -0.15) is 4.98 Å². The highest BCUT2D eigenvalue weighted by Gasteiger charge is 2.14. The molecular weight excluding hydrogens is 262 g/mol. The van der Waals surface area contributed by atoms with Crippen LogP contribution in [-0.2, 0) is 6.42 Å². The van der Waals surface area contributed by atoms with Crippen LogP contribution in [0.25, 0.3) is 0 Å². The van der Waals surface area contributed by atoms with Crippen molar-refractivity contribution in [2.45, 2.75) is 12.5 Å². The number of rotatable bonds is 6. The highest BCUT2D eigenvalue weighted by Crippen LogP contribution is 2.28. The smallest absolute Gasteiger partial charge is 0.245 e. The van der Waals surface area contributed by atoms with Crippen molar-refractivity contribution in [2.75, 3.05) is 20.8 Å². The molecule has 0 aliphatic rings. The zero-order valence-corrected chi connectivity index (χ0v) is 11.4. The van der Waals surface area contributed by atoms with E-state index in [0.717, 1.165) is 5.56 Å². The Morgan fingerprint density at radius 3 is 2.70 bits per heavy atom. The summed E-state index contributed by atoms with van der Waals surface area (Å²) in [5.41, 5.74) is 6.55. The normalized spacial score (nSPS) is 12.2. The molecule has 0 amide bonds. The van der Waals surface area contributed by atoms with Crippen LogP contribution >= 0.6 is 0 Å². The molecule has 1 heterocycles. The van der Waals surface area contributed by atoms with Crippen LogP contribution in [0.5, 0.6) is 11.5 Å². The van der Waals surface area contributed by atoms with Gasteiger partial charge in [0.25, 0.3) is 0 Å². The lowest BCUT2D eigenvalue weighted by Crippen LogP contribution is -2.14. The molecule has 0 spiro atoms. The predicted molar refractivity (Wildman–Crippen MR) is 70.7 cm³/mol. The summed E-state index contributed by atoms with van der Waals surface area (Å²) in [6.45, 7) is -0.238. The van der Waals surface area contributed by atoms with E-state index in [0.29, 0.717) is 23.7 Å². The Bertz CT molecular complexity index is 570. The second-order valence-corrected chi connectivity index (χ2v) is 4.20. The quantitative estimate of drug-likeness (QED) is 0.800. The first-order valence-electron chi connectivity index (χ1n) is 6.07. The largest absolute Gasteiger partial charge is 0.493 e. The summed E-state index contributed by atoms with van der Waals surface area (Å²) in [6, 6.07) is 4.90. The van der Waals surface area contributed by atoms with Gasteiger partial charge in [-0.3, -0.25) is 0 Å². The van der Waals surface area contributed by atoms with Crippen molar-refractivity contribution < 1.29 is 19.1 Å². The van der Waals surface area contributed by atoms with Gasteiger partial charge in [-0.05, 0) is 17.7 Å². The number of nitrogens with two attached hydrogens (primary N) is 1. The number of hydrogen-bond donors (Lipinski definition) is 2. The zero-order valence-electron chi connectivity index (χ0n) is 11.4. The van der Waals surface area contributed by atoms with E-state index in [1.807, 2.05) is 18.2 Å². The van der Waals surface area contributed by atoms with Gasteiger partial charge in [0.15, 0.2) is 17.3 Å². The molecule has 7 heteroatoms. The van der Waals surface area contributed by atoms with Gasteiger partial charge in [-0.25, -0.2) is 0 Å². The second-order valence-electron chi connectivity index (χ2n) is 4.20. The number of aliphatic hydroxyl groups excluding tert-OH is 1. The maximum atomic E-state index is 8.93. The van der Waals surface area contributed by atoms with Crippen molar-refractivity contribution in [3.8, 4) is 11.5 Å². The molecule has 0 saturated carbocycles. The number of benzene rings is 1. The minimum Gasteiger partial charge on any atom is -0.493 e. The van der Waals surface area contributed by atoms with E-state index >= 15 is 0 Å². The first kappa shape index (κ1) is 14.3. The first-order chi connectivity index (χ1) is 9.67. The molecular formula is C13H17N3O4. The molecule has 1 aromatic carbocycles. The van der Waals surface area contributed by atoms with Crippen molar-refractivity contribution >= 4 is 0 Å². The molecule has 1 aromatic heterocycles. The van der Waals surface area contributed by atoms with E-state index in [2.05, 4.69) is 10.1 Å². The van der Waals surface area contributed by atoms with Gasteiger partial charge >= 0.3 is 0 Å². The SMILES string of the molecule is COc1ccc(Cc2noc([C@H](N)CO)n2)cc1OC. The molecule has 3 N–H and O–H groups in total. The maximum absolute atomic E-state index is 8.93. The van der Waals surface area contributed by atoms with Crippen molar-refractivity contribution in [1.29, 1.82) is 0 Å². The lowest BCUT2D eigenvalue weighted by atomic mass is 10.1. The second kappa shape index (κ2) is 6.36. The van der Waals surface area contributed by atoms with Gasteiger partial charge in [0.05, 0.1) is 20.8 Å². The fraction of sp³-hybridized carbons (Fsp3) is 0.385. The Hall–Kier alpha value is -2.12. The minimum absolute atomic E-state index is 0.225. The standard InChI is InChI=1S/C13H17N3O4/c1-18-10-4-3-8(5-11(10)19-2)6-12-15-13(20-16-12)9(14)7-17/h3-5,9,17H,6-7,14H2,1-2H3/t9-/m1/s1. The van der Waals surface area contributed by atoms with Crippen molar-refractivity contribution in [3.63, 3.8) is 0 Å². The van der Waals surface area contributed by atoms with Gasteiger partial charge in [-0.1, -0.05) is 11.2 Å². The third kappa shape index (κ3) is 3.06. The molecule has 0 saturated heterocycles. The van der Waals surface area contributed by atoms with Crippen LogP contribution < -0.4 is 15.2 Å². The summed E-state index contributed by atoms with van der Waals surface area (Å²) in [5, 5.41) is 12.8. The minimum atomic E-state index is -0.651. The third-order valence-electron chi connectivity index (χ3n) is 2.81. The summed E-state index contributed by atoms with van der Waals surface area (Å²) < 4.78 is 15.4. The van der Waals surface area contributed by atoms with E-state index in [-0.39, 0.29) is 12.5 Å². The lowest BCUT2D eigenvalue weighted by Gasteiger charge is -2.08. The Morgan fingerprint density at radius 2 is 2.05 bits per heavy atom. The van der Waals surface area contributed by atoms with E-state index in [9.17, 15) is 0 Å². The van der Waals surface area contributed by atoms with E-state index < -0.39 is 6.04 Å². The number of ether oxygens (including phenoxy) is 2. The molecule has 2 rings (SSSR count). The molecule has 0 unspecified atom stereocenters. The highest BCUT2D eigenvalue weighted by molar-refractivity contribution is 5.43. The molecule has 2 aromatic rings. The topological polar surface area (TPSA) is 104 Å². The fourth-order valence-electron chi connectivity index (χ4n) is 1.74. The number of methoxy groups -OCH3 is 2. The van der Waals surface area contributed by atoms with E-state index in [4.69, 9.17) is 24.8 Å². The Labute approximate surface area is 116 Å². The molecule has 0 aliphatic heterocycles. The molecule has 0 bridgehead atoms. The molecule has 0 aliphatic carbocycles. The van der Waals surface area contributed by atoms with E-state index in [1.54, 1.807) is 14.2 Å². The number of hydrogen-bond acceptors (Lipinski definition) is 7. The van der Waals surface area contributed by atoms with Crippen LogP contribution in [0.3, 0.4) is 0 Å². The molecule has 1 atom stereocenters. The van der Waals surface area contributed by atoms with Gasteiger partial charge in [0.2, 0.25) is 5.89 Å². The number of nitrogens with zero attached hydrogens (tertiary/aromatic N) is 2. The summed E-state index contributed by atoms with van der Waals surface area (Å²) >= 11 is 0. The zero-order chi connectivity index (χ0) is 14.5. The third-order valence-corrected chi connectivity index (χ3v) is 2.81. The van der Waals surface area contributed by atoms with Gasteiger partial charge < -0.3 is 24.8 Å². The van der Waals surface area contributed by atoms with Crippen molar-refractivity contribution in [2.24, 2.45) is 5.73 Å². The Kier molecular flexibility index (Phi) is 4.54. The molecule has 0 fully saturated rings. The lowest BCUT2D eigenvalue weighted by molar-refractivity contribution is 0.236. The Balaban J connectivity index is 2.15. The Morgan fingerprint density at radius 1 is 1.30 bits per heavy atom. The number of aliphatic hydroxyl groups is 1. The summed E-state index contributed by atoms with van der Waals surface area (Å²) in [4.78, 5) is 4.14. The fourth-order valence-corrected chi connectivity index (χ4v) is 1.74. The molecule has 7 nitrogen and oxygen atoms in total. The highest BCUT2D eigenvalue weighted by atomic mass is 16.5. The van der Waals surface area contributed by atoms with Crippen LogP contribution in [0.2, 0.25) is 0 Å². The summed E-state index contributed by atoms with van der Waals surface area (Å²) in [5.74, 6) is 2.02. The van der Waals surface area contributed by atoms with Crippen LogP contribution in [0.15, 0.2) is 22.7 Å². The predicted octanol–water partition coefficient (Wildman–Crippen LogP) is 0.670. The molecule has 108 valence electrons. The van der Waals surface area contributed by atoms with Crippen LogP contribution in [0.1, 0.15) is 23.3 Å². The van der Waals surface area contributed by atoms with Crippen molar-refractivity contribution in [1.82, 2.24) is 10.1 Å². The van der Waals surface area contributed by atoms with E-state index in [1.165, 1.54) is 0 Å². The van der Waals surface area contributed by atoms with Crippen molar-refractivity contribution in [3.05, 3.63) is 35.5 Å². The number of aromatic nitrogens is 2. The first-order valence-corrected chi connectivity index (χ1v) is 6.07. The van der Waals surface area contributed by atoms with Crippen LogP contribution in [-0.4, -0.2) is 36.1 Å².